The van der Waals surface area contributed by atoms with E-state index < -0.39 is 0 Å². The average molecular weight is 688 g/mol. The van der Waals surface area contributed by atoms with Crippen LogP contribution in [0.2, 0.25) is 0 Å². The molecule has 0 saturated carbocycles. The van der Waals surface area contributed by atoms with Crippen LogP contribution in [0.1, 0.15) is 82.5 Å². The minimum absolute atomic E-state index is 0.127. The second-order valence-corrected chi connectivity index (χ2v) is 13.3. The predicted molar refractivity (Wildman–Crippen MR) is 209 cm³/mol. The number of unbranched alkanes of at least 4 members (excludes halogenated alkanes) is 1. The minimum Gasteiger partial charge on any atom is -0.340 e. The molecule has 2 aliphatic rings. The molecule has 0 aliphatic heterocycles. The number of allylic oxidation sites excluding steroid dienone is 6. The standard InChI is InChI=1S/C46H33N5O2/c1-5-7-12-28(6-2)27-51-41-19-17-29(23-37-43(39(25-47)49-3)31-13-8-10-15-33(31)45(37)52)21-35(41)36-22-30(18-20-42(36)51)24-38-44(40(26-48)50-4)32-14-9-11-16-34(32)46(38)53/h8-11,13-24,28H,5-7,12,27H2,1-2H3/b37-23-,38-24-,43-39-,44-40+. The molecule has 0 bridgehead atoms. The van der Waals surface area contributed by atoms with E-state index in [9.17, 15) is 20.1 Å². The molecule has 2 aliphatic carbocycles. The molecule has 1 heterocycles. The molecule has 0 spiro atoms. The van der Waals surface area contributed by atoms with Gasteiger partial charge >= 0.3 is 0 Å². The van der Waals surface area contributed by atoms with E-state index in [0.29, 0.717) is 50.5 Å². The molecule has 1 unspecified atom stereocenters. The highest BCUT2D eigenvalue weighted by atomic mass is 16.1. The van der Waals surface area contributed by atoms with Crippen LogP contribution in [-0.4, -0.2) is 16.1 Å². The Morgan fingerprint density at radius 2 is 1.17 bits per heavy atom. The first kappa shape index (κ1) is 34.4. The van der Waals surface area contributed by atoms with Gasteiger partial charge in [0.15, 0.2) is 11.6 Å². The van der Waals surface area contributed by atoms with Crippen LogP contribution in [0.5, 0.6) is 0 Å². The summed E-state index contributed by atoms with van der Waals surface area (Å²) in [5.74, 6) is 0.0118. The summed E-state index contributed by atoms with van der Waals surface area (Å²) in [6.07, 6.45) is 7.96. The van der Waals surface area contributed by atoms with Gasteiger partial charge in [0, 0.05) is 61.8 Å². The second-order valence-electron chi connectivity index (χ2n) is 13.3. The van der Waals surface area contributed by atoms with Gasteiger partial charge < -0.3 is 4.57 Å². The van der Waals surface area contributed by atoms with E-state index in [1.165, 1.54) is 0 Å². The van der Waals surface area contributed by atoms with Gasteiger partial charge in [0.1, 0.15) is 0 Å². The van der Waals surface area contributed by atoms with Crippen LogP contribution < -0.4 is 0 Å². The Morgan fingerprint density at radius 1 is 0.717 bits per heavy atom. The van der Waals surface area contributed by atoms with E-state index in [2.05, 4.69) is 40.2 Å². The van der Waals surface area contributed by atoms with Gasteiger partial charge in [-0.25, -0.2) is 20.2 Å². The van der Waals surface area contributed by atoms with Gasteiger partial charge in [-0.15, -0.1) is 0 Å². The maximum absolute atomic E-state index is 13.7. The number of hydrogen-bond donors (Lipinski definition) is 0. The van der Waals surface area contributed by atoms with Crippen molar-refractivity contribution in [3.05, 3.63) is 164 Å². The number of nitriles is 2. The Morgan fingerprint density at radius 3 is 1.57 bits per heavy atom. The third-order valence-corrected chi connectivity index (χ3v) is 10.3. The maximum Gasteiger partial charge on any atom is 0.270 e. The Balaban J connectivity index is 1.43. The zero-order valence-electron chi connectivity index (χ0n) is 29.4. The molecule has 0 amide bonds. The van der Waals surface area contributed by atoms with Crippen LogP contribution in [0.25, 0.3) is 54.8 Å². The van der Waals surface area contributed by atoms with Crippen molar-refractivity contribution >= 4 is 56.7 Å². The van der Waals surface area contributed by atoms with Gasteiger partial charge in [-0.3, -0.25) is 9.59 Å². The van der Waals surface area contributed by atoms with Crippen molar-refractivity contribution in [2.24, 2.45) is 5.92 Å². The van der Waals surface area contributed by atoms with Gasteiger partial charge in [0.25, 0.3) is 11.4 Å². The zero-order valence-corrected chi connectivity index (χ0v) is 29.4. The topological polar surface area (TPSA) is 95.4 Å². The van der Waals surface area contributed by atoms with E-state index in [0.717, 1.165) is 65.2 Å². The third kappa shape index (κ3) is 5.86. The van der Waals surface area contributed by atoms with Gasteiger partial charge in [-0.1, -0.05) is 93.8 Å². The Kier molecular flexibility index (Phi) is 9.27. The first-order chi connectivity index (χ1) is 25.9. The lowest BCUT2D eigenvalue weighted by Gasteiger charge is -2.17. The molecule has 0 N–H and O–H groups in total. The van der Waals surface area contributed by atoms with Crippen molar-refractivity contribution in [3.8, 4) is 12.1 Å². The van der Waals surface area contributed by atoms with Crippen LogP contribution in [0.3, 0.4) is 0 Å². The lowest BCUT2D eigenvalue weighted by molar-refractivity contribution is 0.103. The van der Waals surface area contributed by atoms with E-state index in [-0.39, 0.29) is 23.0 Å². The summed E-state index contributed by atoms with van der Waals surface area (Å²) in [6, 6.07) is 30.3. The zero-order chi connectivity index (χ0) is 37.2. The number of rotatable bonds is 8. The Bertz CT molecular complexity index is 2500. The first-order valence-corrected chi connectivity index (χ1v) is 17.7. The molecule has 7 rings (SSSR count). The van der Waals surface area contributed by atoms with E-state index in [4.69, 9.17) is 13.1 Å². The number of carbonyl (C=O) groups excluding carboxylic acids is 2. The summed E-state index contributed by atoms with van der Waals surface area (Å²) < 4.78 is 2.35. The summed E-state index contributed by atoms with van der Waals surface area (Å²) >= 11 is 0. The molecule has 53 heavy (non-hydrogen) atoms. The number of ketones is 2. The molecule has 7 heteroatoms. The number of benzene rings is 4. The molecule has 4 aromatic carbocycles. The maximum atomic E-state index is 13.7. The highest BCUT2D eigenvalue weighted by molar-refractivity contribution is 6.30. The lowest BCUT2D eigenvalue weighted by Crippen LogP contribution is -2.10. The van der Waals surface area contributed by atoms with Crippen molar-refractivity contribution in [1.82, 2.24) is 4.57 Å². The fourth-order valence-electron chi connectivity index (χ4n) is 7.69. The van der Waals surface area contributed by atoms with Crippen LogP contribution in [-0.2, 0) is 6.54 Å². The largest absolute Gasteiger partial charge is 0.340 e. The second kappa shape index (κ2) is 14.3. The fraction of sp³-hybridized carbons (Fsp3) is 0.174. The van der Waals surface area contributed by atoms with Crippen molar-refractivity contribution in [3.63, 3.8) is 0 Å². The van der Waals surface area contributed by atoms with Crippen molar-refractivity contribution < 1.29 is 9.59 Å². The molecular formula is C46H33N5O2. The van der Waals surface area contributed by atoms with Crippen LogP contribution in [0.4, 0.5) is 0 Å². The van der Waals surface area contributed by atoms with Crippen molar-refractivity contribution in [2.75, 3.05) is 0 Å². The normalized spacial score (nSPS) is 17.3. The van der Waals surface area contributed by atoms with Gasteiger partial charge in [0.05, 0.1) is 25.3 Å². The first-order valence-electron chi connectivity index (χ1n) is 17.7. The molecule has 0 fully saturated rings. The van der Waals surface area contributed by atoms with Gasteiger partial charge in [-0.2, -0.15) is 0 Å². The van der Waals surface area contributed by atoms with Crippen LogP contribution in [0, 0.1) is 41.7 Å². The summed E-state index contributed by atoms with van der Waals surface area (Å²) in [5.41, 5.74) is 6.72. The quantitative estimate of drug-likeness (QED) is 0.0921. The summed E-state index contributed by atoms with van der Waals surface area (Å²) in [4.78, 5) is 34.4. The highest BCUT2D eigenvalue weighted by Crippen LogP contribution is 2.42. The highest BCUT2D eigenvalue weighted by Gasteiger charge is 2.33. The number of hydrogen-bond acceptors (Lipinski definition) is 4. The predicted octanol–water partition coefficient (Wildman–Crippen LogP) is 10.9. The monoisotopic (exact) mass is 687 g/mol. The number of Topliss-reactive ketones (excluding diaryl/α,β-unsaturated/α-hetero) is 2. The average Bonchev–Trinajstić information content (AvgIpc) is 3.75. The summed E-state index contributed by atoms with van der Waals surface area (Å²) in [5, 5.41) is 21.6. The molecule has 0 radical (unpaired) electrons. The molecule has 1 aromatic heterocycles. The Hall–Kier alpha value is -7.06. The van der Waals surface area contributed by atoms with Crippen LogP contribution in [0.15, 0.2) is 107 Å². The molecule has 254 valence electrons. The molecule has 1 atom stereocenters. The van der Waals surface area contributed by atoms with Crippen LogP contribution >= 0.6 is 0 Å². The van der Waals surface area contributed by atoms with E-state index in [1.807, 2.05) is 36.4 Å². The smallest absolute Gasteiger partial charge is 0.270 e. The van der Waals surface area contributed by atoms with Crippen molar-refractivity contribution in [2.45, 2.75) is 46.1 Å². The SMILES string of the molecule is [C-]#[N+]/C(C#N)=C1\C(=C\c2ccc3c(c2)c2cc(/C=C4\C(=O)c5ccccc5\C4=C(\C#N)[N+]#[C-])ccc2n3CC(CC)CCCC)C(=O)c2ccccc21. The summed E-state index contributed by atoms with van der Waals surface area (Å²) in [6.45, 7) is 20.6. The lowest BCUT2D eigenvalue weighted by atomic mass is 9.99. The van der Waals surface area contributed by atoms with E-state index >= 15 is 0 Å². The fourth-order valence-corrected chi connectivity index (χ4v) is 7.69. The molecular weight excluding hydrogens is 655 g/mol. The third-order valence-electron chi connectivity index (χ3n) is 10.3. The Labute approximate surface area is 308 Å². The van der Waals surface area contributed by atoms with E-state index in [1.54, 1.807) is 60.7 Å². The number of nitrogens with zero attached hydrogens (tertiary/aromatic N) is 5. The molecule has 5 aromatic rings. The van der Waals surface area contributed by atoms with Gasteiger partial charge in [0.2, 0.25) is 0 Å². The summed E-state index contributed by atoms with van der Waals surface area (Å²) in [7, 11) is 0. The molecule has 7 nitrogen and oxygen atoms in total. The molecule has 0 saturated heterocycles. The number of carbonyl (C=O) groups is 2. The number of aromatic nitrogens is 1. The van der Waals surface area contributed by atoms with Crippen molar-refractivity contribution in [1.29, 1.82) is 10.5 Å². The number of fused-ring (bicyclic) bond motifs is 5. The van der Waals surface area contributed by atoms with Gasteiger partial charge in [-0.05, 0) is 71.0 Å². The minimum atomic E-state index is -0.229.